The number of hydrogen-bond donors (Lipinski definition) is 1. The van der Waals surface area contributed by atoms with Crippen molar-refractivity contribution in [1.29, 1.82) is 0 Å². The molecule has 0 spiro atoms. The number of morpholine rings is 1. The van der Waals surface area contributed by atoms with Crippen molar-refractivity contribution in [3.63, 3.8) is 0 Å². The molecule has 0 aliphatic carbocycles. The molecule has 2 aliphatic rings. The van der Waals surface area contributed by atoms with Gasteiger partial charge in [0, 0.05) is 32.7 Å². The molecule has 2 aliphatic heterocycles. The second-order valence-corrected chi connectivity index (χ2v) is 7.02. The Morgan fingerprint density at radius 1 is 1.00 bits per heavy atom. The quantitative estimate of drug-likeness (QED) is 0.651. The van der Waals surface area contributed by atoms with Crippen LogP contribution in [0.3, 0.4) is 0 Å². The summed E-state index contributed by atoms with van der Waals surface area (Å²) < 4.78 is 5.34. The molecule has 2 fully saturated rings. The lowest BCUT2D eigenvalue weighted by molar-refractivity contribution is 0.0674. The zero-order valence-corrected chi connectivity index (χ0v) is 15.4. The van der Waals surface area contributed by atoms with Gasteiger partial charge in [0.1, 0.15) is 0 Å². The average Bonchev–Trinajstić information content (AvgIpc) is 2.86. The topological polar surface area (TPSA) is 57.3 Å². The summed E-state index contributed by atoms with van der Waals surface area (Å²) in [5.41, 5.74) is 8.66. The summed E-state index contributed by atoms with van der Waals surface area (Å²) in [7, 11) is 2.21. The first kappa shape index (κ1) is 18.2. The highest BCUT2D eigenvalue weighted by Crippen LogP contribution is 2.11. The lowest BCUT2D eigenvalue weighted by atomic mass is 10.1. The summed E-state index contributed by atoms with van der Waals surface area (Å²) in [6, 6.07) is 8.81. The Morgan fingerprint density at radius 2 is 1.72 bits per heavy atom. The van der Waals surface area contributed by atoms with Crippen LogP contribution in [0.1, 0.15) is 17.5 Å². The first-order valence-electron chi connectivity index (χ1n) is 9.32. The lowest BCUT2D eigenvalue weighted by Gasteiger charge is -2.27. The first-order valence-corrected chi connectivity index (χ1v) is 9.32. The van der Waals surface area contributed by atoms with Crippen LogP contribution in [0.15, 0.2) is 29.3 Å². The Morgan fingerprint density at radius 3 is 2.48 bits per heavy atom. The maximum Gasteiger partial charge on any atom is 0.191 e. The summed E-state index contributed by atoms with van der Waals surface area (Å²) in [5, 5.41) is 0. The predicted molar refractivity (Wildman–Crippen MR) is 102 cm³/mol. The fourth-order valence-corrected chi connectivity index (χ4v) is 3.33. The maximum atomic E-state index is 6.09. The van der Waals surface area contributed by atoms with E-state index in [1.807, 2.05) is 0 Å². The Hall–Kier alpha value is -1.63. The molecular weight excluding hydrogens is 314 g/mol. The van der Waals surface area contributed by atoms with Gasteiger partial charge in [0.2, 0.25) is 0 Å². The second-order valence-electron chi connectivity index (χ2n) is 7.02. The molecule has 0 unspecified atom stereocenters. The molecule has 1 aromatic carbocycles. The fraction of sp³-hybridized carbons (Fsp3) is 0.632. The largest absolute Gasteiger partial charge is 0.378 e. The fourth-order valence-electron chi connectivity index (χ4n) is 3.33. The normalized spacial score (nSPS) is 21.3. The Balaban J connectivity index is 1.49. The summed E-state index contributed by atoms with van der Waals surface area (Å²) in [4.78, 5) is 11.6. The molecule has 0 amide bonds. The number of ether oxygens (including phenoxy) is 1. The van der Waals surface area contributed by atoms with Crippen molar-refractivity contribution in [3.05, 3.63) is 35.4 Å². The molecule has 2 saturated heterocycles. The molecule has 2 heterocycles. The number of rotatable bonds is 4. The van der Waals surface area contributed by atoms with Gasteiger partial charge in [-0.2, -0.15) is 0 Å². The minimum absolute atomic E-state index is 0.626. The van der Waals surface area contributed by atoms with Crippen LogP contribution in [0.4, 0.5) is 0 Å². The lowest BCUT2D eigenvalue weighted by Crippen LogP contribution is -2.44. The van der Waals surface area contributed by atoms with Crippen LogP contribution in [-0.2, 0) is 17.8 Å². The Bertz CT molecular complexity index is 553. The van der Waals surface area contributed by atoms with Gasteiger partial charge in [0.25, 0.3) is 0 Å². The van der Waals surface area contributed by atoms with Crippen LogP contribution in [0.2, 0.25) is 0 Å². The number of nitrogens with zero attached hydrogens (tertiary/aromatic N) is 4. The van der Waals surface area contributed by atoms with E-state index in [-0.39, 0.29) is 0 Å². The van der Waals surface area contributed by atoms with Gasteiger partial charge in [0.05, 0.1) is 19.8 Å². The Labute approximate surface area is 151 Å². The van der Waals surface area contributed by atoms with Crippen LogP contribution >= 0.6 is 0 Å². The van der Waals surface area contributed by atoms with Crippen molar-refractivity contribution in [2.24, 2.45) is 10.7 Å². The van der Waals surface area contributed by atoms with Crippen LogP contribution in [0.5, 0.6) is 0 Å². The zero-order valence-electron chi connectivity index (χ0n) is 15.4. The third-order valence-electron chi connectivity index (χ3n) is 5.00. The first-order chi connectivity index (χ1) is 12.2. The molecule has 0 aromatic heterocycles. The van der Waals surface area contributed by atoms with Crippen LogP contribution in [-0.4, -0.2) is 80.2 Å². The smallest absolute Gasteiger partial charge is 0.191 e. The third-order valence-corrected chi connectivity index (χ3v) is 5.00. The third kappa shape index (κ3) is 5.70. The monoisotopic (exact) mass is 345 g/mol. The highest BCUT2D eigenvalue weighted by atomic mass is 16.5. The maximum absolute atomic E-state index is 6.09. The second kappa shape index (κ2) is 9.17. The Kier molecular flexibility index (Phi) is 6.67. The number of benzene rings is 1. The van der Waals surface area contributed by atoms with Crippen LogP contribution < -0.4 is 5.73 Å². The average molecular weight is 345 g/mol. The number of guanidine groups is 1. The van der Waals surface area contributed by atoms with Gasteiger partial charge in [-0.1, -0.05) is 24.3 Å². The van der Waals surface area contributed by atoms with E-state index in [4.69, 9.17) is 10.5 Å². The van der Waals surface area contributed by atoms with Crippen molar-refractivity contribution in [2.75, 3.05) is 59.5 Å². The molecule has 25 heavy (non-hydrogen) atoms. The number of aliphatic imine (C=N–C) groups is 1. The van der Waals surface area contributed by atoms with E-state index in [0.717, 1.165) is 45.9 Å². The molecule has 138 valence electrons. The van der Waals surface area contributed by atoms with Gasteiger partial charge >= 0.3 is 0 Å². The van der Waals surface area contributed by atoms with E-state index in [1.165, 1.54) is 30.6 Å². The molecule has 1 aromatic rings. The minimum atomic E-state index is 0.626. The van der Waals surface area contributed by atoms with Crippen molar-refractivity contribution in [3.8, 4) is 0 Å². The molecule has 0 saturated carbocycles. The molecule has 6 heteroatoms. The molecule has 0 radical (unpaired) electrons. The van der Waals surface area contributed by atoms with Crippen molar-refractivity contribution in [1.82, 2.24) is 14.7 Å². The van der Waals surface area contributed by atoms with Gasteiger partial charge in [0.15, 0.2) is 5.96 Å². The van der Waals surface area contributed by atoms with Crippen molar-refractivity contribution >= 4 is 5.96 Å². The van der Waals surface area contributed by atoms with Gasteiger partial charge in [-0.3, -0.25) is 4.90 Å². The highest BCUT2D eigenvalue weighted by Gasteiger charge is 2.13. The van der Waals surface area contributed by atoms with Crippen LogP contribution in [0.25, 0.3) is 0 Å². The molecule has 3 rings (SSSR count). The predicted octanol–water partition coefficient (Wildman–Crippen LogP) is 0.971. The molecule has 2 N–H and O–H groups in total. The minimum Gasteiger partial charge on any atom is -0.378 e. The summed E-state index contributed by atoms with van der Waals surface area (Å²) >= 11 is 0. The number of hydrogen-bond acceptors (Lipinski definition) is 4. The van der Waals surface area contributed by atoms with E-state index in [0.29, 0.717) is 12.5 Å². The van der Waals surface area contributed by atoms with E-state index < -0.39 is 0 Å². The van der Waals surface area contributed by atoms with Gasteiger partial charge < -0.3 is 20.3 Å². The molecular formula is C19H31N5O. The van der Waals surface area contributed by atoms with E-state index in [1.54, 1.807) is 0 Å². The molecule has 0 atom stereocenters. The standard InChI is InChI=1S/C19H31N5O/c1-22-7-2-8-23(10-9-22)16-18-5-3-17(4-6-18)15-21-19(20)24-11-13-25-14-12-24/h3-6H,2,7-16H2,1H3,(H2,20,21). The van der Waals surface area contributed by atoms with Gasteiger partial charge in [-0.15, -0.1) is 0 Å². The van der Waals surface area contributed by atoms with Crippen LogP contribution in [0, 0.1) is 0 Å². The van der Waals surface area contributed by atoms with Crippen molar-refractivity contribution < 1.29 is 4.74 Å². The molecule has 6 nitrogen and oxygen atoms in total. The van der Waals surface area contributed by atoms with Gasteiger partial charge in [-0.05, 0) is 37.7 Å². The molecule has 0 bridgehead atoms. The summed E-state index contributed by atoms with van der Waals surface area (Å²) in [5.74, 6) is 0.626. The summed E-state index contributed by atoms with van der Waals surface area (Å²) in [6.07, 6.45) is 1.25. The van der Waals surface area contributed by atoms with E-state index >= 15 is 0 Å². The van der Waals surface area contributed by atoms with Crippen molar-refractivity contribution in [2.45, 2.75) is 19.5 Å². The van der Waals surface area contributed by atoms with Gasteiger partial charge in [-0.25, -0.2) is 4.99 Å². The number of likely N-dealkylation sites (N-methyl/N-ethyl adjacent to an activating group) is 1. The van der Waals surface area contributed by atoms with E-state index in [2.05, 4.69) is 51.0 Å². The number of nitrogens with two attached hydrogens (primary N) is 1. The SMILES string of the molecule is CN1CCCN(Cc2ccc(CN=C(N)N3CCOCC3)cc2)CC1. The summed E-state index contributed by atoms with van der Waals surface area (Å²) in [6.45, 7) is 9.51. The van der Waals surface area contributed by atoms with E-state index in [9.17, 15) is 0 Å². The highest BCUT2D eigenvalue weighted by molar-refractivity contribution is 5.78. The zero-order chi connectivity index (χ0) is 17.5.